The molecule has 126 valence electrons. The van der Waals surface area contributed by atoms with Crippen LogP contribution >= 0.6 is 0 Å². The first-order valence-electron chi connectivity index (χ1n) is 6.28. The fraction of sp³-hybridized carbons (Fsp3) is 0.571. The third-order valence-electron chi connectivity index (χ3n) is 3.38. The average Bonchev–Trinajstić information content (AvgIpc) is 2.54. The Morgan fingerprint density at radius 2 is 1.32 bits per heavy atom. The van der Waals surface area contributed by atoms with E-state index in [1.807, 2.05) is 0 Å². The van der Waals surface area contributed by atoms with Gasteiger partial charge in [-0.25, -0.2) is 26.3 Å². The van der Waals surface area contributed by atoms with Crippen molar-refractivity contribution in [2.24, 2.45) is 0 Å². The van der Waals surface area contributed by atoms with E-state index in [1.165, 1.54) is 12.1 Å². The highest BCUT2D eigenvalue weighted by Gasteiger charge is 2.70. The van der Waals surface area contributed by atoms with E-state index in [1.54, 1.807) is 6.92 Å². The van der Waals surface area contributed by atoms with E-state index in [2.05, 4.69) is 4.74 Å². The average molecular weight is 332 g/mol. The number of alkyl halides is 7. The minimum atomic E-state index is -4.50. The van der Waals surface area contributed by atoms with Gasteiger partial charge in [0.2, 0.25) is 11.3 Å². The Labute approximate surface area is 123 Å². The van der Waals surface area contributed by atoms with Crippen LogP contribution in [0.4, 0.5) is 30.7 Å². The Kier molecular flexibility index (Phi) is 5.70. The summed E-state index contributed by atoms with van der Waals surface area (Å²) >= 11 is 0. The molecular formula is C14H15F7O. The van der Waals surface area contributed by atoms with Crippen LogP contribution in [0.1, 0.15) is 5.56 Å². The Bertz CT molecular complexity index is 477. The molecule has 0 spiro atoms. The Hall–Kier alpha value is -1.47. The first kappa shape index (κ1) is 18.6. The summed E-state index contributed by atoms with van der Waals surface area (Å²) in [6.45, 7) is -7.96. The summed E-state index contributed by atoms with van der Waals surface area (Å²) < 4.78 is 98.3. The van der Waals surface area contributed by atoms with E-state index in [0.717, 1.165) is 12.1 Å². The number of benzene rings is 1. The van der Waals surface area contributed by atoms with Gasteiger partial charge in [0.15, 0.2) is 6.67 Å². The van der Waals surface area contributed by atoms with Crippen LogP contribution in [0.2, 0.25) is 0 Å². The predicted octanol–water partition coefficient (Wildman–Crippen LogP) is 4.33. The predicted molar refractivity (Wildman–Crippen MR) is 67.2 cm³/mol. The summed E-state index contributed by atoms with van der Waals surface area (Å²) in [5.41, 5.74) is -8.02. The van der Waals surface area contributed by atoms with Gasteiger partial charge >= 0.3 is 5.85 Å². The highest BCUT2D eigenvalue weighted by atomic mass is 19.2. The lowest BCUT2D eigenvalue weighted by Crippen LogP contribution is -2.68. The first-order valence-corrected chi connectivity index (χ1v) is 6.28. The second kappa shape index (κ2) is 6.75. The molecule has 0 fully saturated rings. The summed E-state index contributed by atoms with van der Waals surface area (Å²) in [5.74, 6) is -4.68. The molecule has 22 heavy (non-hydrogen) atoms. The molecule has 1 rings (SSSR count). The van der Waals surface area contributed by atoms with Gasteiger partial charge in [0.1, 0.15) is 25.8 Å². The van der Waals surface area contributed by atoms with Crippen molar-refractivity contribution in [1.29, 1.82) is 0 Å². The lowest BCUT2D eigenvalue weighted by atomic mass is 9.82. The maximum absolute atomic E-state index is 14.4. The van der Waals surface area contributed by atoms with Crippen molar-refractivity contribution >= 4 is 0 Å². The molecule has 0 N–H and O–H groups in total. The smallest absolute Gasteiger partial charge is 0.316 e. The zero-order valence-corrected chi connectivity index (χ0v) is 11.7. The summed E-state index contributed by atoms with van der Waals surface area (Å²) in [5, 5.41) is 0. The van der Waals surface area contributed by atoms with Crippen LogP contribution in [0.15, 0.2) is 24.3 Å². The number of ether oxygens (including phenoxy) is 1. The van der Waals surface area contributed by atoms with Gasteiger partial charge in [-0.3, -0.25) is 0 Å². The van der Waals surface area contributed by atoms with Gasteiger partial charge in [-0.1, -0.05) is 17.7 Å². The molecule has 0 bridgehead atoms. The molecule has 0 aromatic heterocycles. The van der Waals surface area contributed by atoms with E-state index in [-0.39, 0.29) is 0 Å². The molecule has 2 unspecified atom stereocenters. The van der Waals surface area contributed by atoms with Gasteiger partial charge in [-0.15, -0.1) is 0 Å². The number of rotatable bonds is 8. The zero-order valence-electron chi connectivity index (χ0n) is 11.7. The quantitative estimate of drug-likeness (QED) is 0.644. The van der Waals surface area contributed by atoms with Crippen molar-refractivity contribution in [1.82, 2.24) is 0 Å². The molecule has 8 heteroatoms. The topological polar surface area (TPSA) is 9.23 Å². The van der Waals surface area contributed by atoms with Crippen molar-refractivity contribution in [2.45, 2.75) is 24.1 Å². The van der Waals surface area contributed by atoms with Gasteiger partial charge in [-0.2, -0.15) is 4.39 Å². The highest BCUT2D eigenvalue weighted by molar-refractivity contribution is 5.28. The van der Waals surface area contributed by atoms with Crippen molar-refractivity contribution in [2.75, 3.05) is 26.7 Å². The minimum Gasteiger partial charge on any atom is -0.452 e. The molecule has 0 heterocycles. The molecule has 0 aliphatic heterocycles. The molecule has 0 saturated carbocycles. The SMILES string of the molecule is Cc1ccc(OC(F)(CF)C(F)(CF)C(F)(CF)CF)cc1. The first-order chi connectivity index (χ1) is 10.2. The van der Waals surface area contributed by atoms with Gasteiger partial charge in [0.05, 0.1) is 0 Å². The Morgan fingerprint density at radius 1 is 0.818 bits per heavy atom. The van der Waals surface area contributed by atoms with Crippen LogP contribution in [-0.4, -0.2) is 43.9 Å². The maximum Gasteiger partial charge on any atom is 0.316 e. The van der Waals surface area contributed by atoms with E-state index in [0.29, 0.717) is 5.56 Å². The minimum absolute atomic E-state index is 0.443. The van der Waals surface area contributed by atoms with E-state index < -0.39 is 49.6 Å². The van der Waals surface area contributed by atoms with Crippen LogP contribution < -0.4 is 4.74 Å². The fourth-order valence-electron chi connectivity index (χ4n) is 1.81. The van der Waals surface area contributed by atoms with Gasteiger partial charge < -0.3 is 4.74 Å². The molecule has 0 saturated heterocycles. The van der Waals surface area contributed by atoms with Crippen molar-refractivity contribution in [3.05, 3.63) is 29.8 Å². The summed E-state index contributed by atoms with van der Waals surface area (Å²) in [6.07, 6.45) is 0. The number of hydrogen-bond acceptors (Lipinski definition) is 1. The van der Waals surface area contributed by atoms with Crippen LogP contribution in [0.25, 0.3) is 0 Å². The van der Waals surface area contributed by atoms with Crippen LogP contribution in [-0.2, 0) is 0 Å². The monoisotopic (exact) mass is 332 g/mol. The lowest BCUT2D eigenvalue weighted by molar-refractivity contribution is -0.247. The van der Waals surface area contributed by atoms with E-state index >= 15 is 0 Å². The zero-order chi connectivity index (χ0) is 17.0. The number of halogens is 7. The largest absolute Gasteiger partial charge is 0.452 e. The molecule has 1 aromatic rings. The lowest BCUT2D eigenvalue weighted by Gasteiger charge is -2.41. The van der Waals surface area contributed by atoms with Crippen LogP contribution in [0.5, 0.6) is 5.75 Å². The summed E-state index contributed by atoms with van der Waals surface area (Å²) in [6, 6.07) is 4.97. The number of aryl methyl sites for hydroxylation is 1. The van der Waals surface area contributed by atoms with Crippen molar-refractivity contribution in [3.8, 4) is 5.75 Å². The highest BCUT2D eigenvalue weighted by Crippen LogP contribution is 2.45. The molecule has 1 aromatic carbocycles. The van der Waals surface area contributed by atoms with Crippen molar-refractivity contribution in [3.63, 3.8) is 0 Å². The molecule has 1 nitrogen and oxygen atoms in total. The molecule has 0 radical (unpaired) electrons. The van der Waals surface area contributed by atoms with E-state index in [4.69, 9.17) is 0 Å². The second-order valence-corrected chi connectivity index (χ2v) is 4.94. The van der Waals surface area contributed by atoms with Crippen molar-refractivity contribution < 1.29 is 35.5 Å². The third-order valence-corrected chi connectivity index (χ3v) is 3.38. The Morgan fingerprint density at radius 3 is 1.68 bits per heavy atom. The molecule has 0 aliphatic carbocycles. The fourth-order valence-corrected chi connectivity index (χ4v) is 1.81. The standard InChI is InChI=1S/C14H15F7O/c1-10-2-4-11(5-3-10)22-14(21,9-18)13(20,8-17)12(19,6-15)7-16/h2-5H,6-9H2,1H3. The Balaban J connectivity index is 3.25. The summed E-state index contributed by atoms with van der Waals surface area (Å²) in [4.78, 5) is 0. The molecule has 0 aliphatic rings. The van der Waals surface area contributed by atoms with Gasteiger partial charge in [0, 0.05) is 0 Å². The van der Waals surface area contributed by atoms with E-state index in [9.17, 15) is 30.7 Å². The third kappa shape index (κ3) is 3.01. The van der Waals surface area contributed by atoms with Gasteiger partial charge in [0.25, 0.3) is 0 Å². The van der Waals surface area contributed by atoms with Gasteiger partial charge in [-0.05, 0) is 19.1 Å². The molecule has 2 atom stereocenters. The number of hydrogen-bond donors (Lipinski definition) is 0. The molecular weight excluding hydrogens is 317 g/mol. The van der Waals surface area contributed by atoms with Crippen LogP contribution in [0.3, 0.4) is 0 Å². The van der Waals surface area contributed by atoms with Crippen LogP contribution in [0, 0.1) is 6.92 Å². The molecule has 0 amide bonds. The second-order valence-electron chi connectivity index (χ2n) is 4.94. The maximum atomic E-state index is 14.4. The summed E-state index contributed by atoms with van der Waals surface area (Å²) in [7, 11) is 0. The normalized spacial score (nSPS) is 17.6.